The fraction of sp³-hybridized carbons (Fsp3) is 0.429. The molecule has 0 amide bonds. The minimum absolute atomic E-state index is 0.0558. The first-order chi connectivity index (χ1) is 8.84. The Hall–Kier alpha value is -0.940. The summed E-state index contributed by atoms with van der Waals surface area (Å²) in [6.07, 6.45) is 0. The number of hydrogen-bond donors (Lipinski definition) is 1. The lowest BCUT2D eigenvalue weighted by Crippen LogP contribution is -2.17. The van der Waals surface area contributed by atoms with E-state index in [-0.39, 0.29) is 5.41 Å². The van der Waals surface area contributed by atoms with Gasteiger partial charge >= 0.3 is 0 Å². The van der Waals surface area contributed by atoms with Crippen molar-refractivity contribution in [3.8, 4) is 0 Å². The molecule has 3 nitrogen and oxygen atoms in total. The van der Waals surface area contributed by atoms with Gasteiger partial charge in [0.05, 0.1) is 6.54 Å². The molecule has 0 aliphatic carbocycles. The van der Waals surface area contributed by atoms with Gasteiger partial charge in [0.25, 0.3) is 0 Å². The van der Waals surface area contributed by atoms with Crippen molar-refractivity contribution in [2.45, 2.75) is 39.7 Å². The molecule has 2 heterocycles. The molecule has 0 unspecified atom stereocenters. The van der Waals surface area contributed by atoms with Crippen molar-refractivity contribution in [2.24, 2.45) is 0 Å². The third-order valence-corrected chi connectivity index (χ3v) is 4.01. The Morgan fingerprint density at radius 1 is 1.26 bits per heavy atom. The SMILES string of the molecule is Cc1ccc(CNc2cc(Br)nc(C(C)(C)C)n2)s1. The van der Waals surface area contributed by atoms with Gasteiger partial charge in [0, 0.05) is 21.2 Å². The van der Waals surface area contributed by atoms with Crippen molar-refractivity contribution in [2.75, 3.05) is 5.32 Å². The fourth-order valence-electron chi connectivity index (χ4n) is 1.60. The molecule has 0 fully saturated rings. The van der Waals surface area contributed by atoms with Crippen LogP contribution in [0.1, 0.15) is 36.3 Å². The zero-order valence-electron chi connectivity index (χ0n) is 11.6. The number of nitrogens with one attached hydrogen (secondary N) is 1. The zero-order valence-corrected chi connectivity index (χ0v) is 14.0. The van der Waals surface area contributed by atoms with Crippen molar-refractivity contribution in [1.29, 1.82) is 0 Å². The maximum absolute atomic E-state index is 4.58. The minimum Gasteiger partial charge on any atom is -0.365 e. The van der Waals surface area contributed by atoms with Crippen LogP contribution in [-0.4, -0.2) is 9.97 Å². The van der Waals surface area contributed by atoms with Crippen LogP contribution in [0.15, 0.2) is 22.8 Å². The van der Waals surface area contributed by atoms with Crippen LogP contribution < -0.4 is 5.32 Å². The smallest absolute Gasteiger partial charge is 0.137 e. The highest BCUT2D eigenvalue weighted by atomic mass is 79.9. The lowest BCUT2D eigenvalue weighted by atomic mass is 9.96. The highest BCUT2D eigenvalue weighted by Crippen LogP contribution is 2.23. The molecule has 2 rings (SSSR count). The van der Waals surface area contributed by atoms with Gasteiger partial charge in [-0.3, -0.25) is 0 Å². The van der Waals surface area contributed by atoms with Crippen molar-refractivity contribution in [3.63, 3.8) is 0 Å². The van der Waals surface area contributed by atoms with Gasteiger partial charge in [-0.15, -0.1) is 11.3 Å². The molecule has 0 bridgehead atoms. The molecule has 102 valence electrons. The molecule has 19 heavy (non-hydrogen) atoms. The first-order valence-electron chi connectivity index (χ1n) is 6.19. The predicted molar refractivity (Wildman–Crippen MR) is 84.8 cm³/mol. The minimum atomic E-state index is -0.0558. The molecule has 5 heteroatoms. The number of thiophene rings is 1. The van der Waals surface area contributed by atoms with Crippen LogP contribution in [-0.2, 0) is 12.0 Å². The summed E-state index contributed by atoms with van der Waals surface area (Å²) in [5.41, 5.74) is -0.0558. The van der Waals surface area contributed by atoms with E-state index in [9.17, 15) is 0 Å². The van der Waals surface area contributed by atoms with Gasteiger partial charge in [0.15, 0.2) is 0 Å². The maximum Gasteiger partial charge on any atom is 0.137 e. The van der Waals surface area contributed by atoms with Crippen LogP contribution >= 0.6 is 27.3 Å². The van der Waals surface area contributed by atoms with E-state index in [1.165, 1.54) is 9.75 Å². The van der Waals surface area contributed by atoms with E-state index in [1.54, 1.807) is 11.3 Å². The molecule has 0 saturated heterocycles. The van der Waals surface area contributed by atoms with Gasteiger partial charge in [-0.2, -0.15) is 0 Å². The fourth-order valence-corrected chi connectivity index (χ4v) is 2.82. The normalized spacial score (nSPS) is 11.6. The Morgan fingerprint density at radius 3 is 2.58 bits per heavy atom. The number of hydrogen-bond acceptors (Lipinski definition) is 4. The summed E-state index contributed by atoms with van der Waals surface area (Å²) in [6.45, 7) is 9.25. The first-order valence-corrected chi connectivity index (χ1v) is 7.80. The van der Waals surface area contributed by atoms with Crippen molar-refractivity contribution in [3.05, 3.63) is 38.4 Å². The van der Waals surface area contributed by atoms with Gasteiger partial charge < -0.3 is 5.32 Å². The Kier molecular flexibility index (Phi) is 4.26. The molecule has 0 atom stereocenters. The Bertz CT molecular complexity index is 572. The summed E-state index contributed by atoms with van der Waals surface area (Å²) >= 11 is 5.25. The van der Waals surface area contributed by atoms with Gasteiger partial charge in [-0.05, 0) is 35.0 Å². The van der Waals surface area contributed by atoms with E-state index < -0.39 is 0 Å². The van der Waals surface area contributed by atoms with Crippen LogP contribution in [0.4, 0.5) is 5.82 Å². The number of aromatic nitrogens is 2. The number of aryl methyl sites for hydroxylation is 1. The second-order valence-electron chi connectivity index (χ2n) is 5.52. The Morgan fingerprint density at radius 2 is 2.00 bits per heavy atom. The summed E-state index contributed by atoms with van der Waals surface area (Å²) in [5, 5.41) is 3.36. The van der Waals surface area contributed by atoms with Crippen LogP contribution in [0.5, 0.6) is 0 Å². The Labute approximate surface area is 126 Å². The van der Waals surface area contributed by atoms with Gasteiger partial charge in [0.1, 0.15) is 16.2 Å². The average Bonchev–Trinajstić information content (AvgIpc) is 2.71. The summed E-state index contributed by atoms with van der Waals surface area (Å²) in [4.78, 5) is 11.7. The quantitative estimate of drug-likeness (QED) is 0.835. The molecular formula is C14H18BrN3S. The summed E-state index contributed by atoms with van der Waals surface area (Å²) < 4.78 is 0.817. The average molecular weight is 340 g/mol. The van der Waals surface area contributed by atoms with E-state index in [0.717, 1.165) is 22.8 Å². The molecule has 0 radical (unpaired) electrons. The van der Waals surface area contributed by atoms with Crippen LogP contribution in [0.2, 0.25) is 0 Å². The van der Waals surface area contributed by atoms with Crippen molar-refractivity contribution >= 4 is 33.1 Å². The third kappa shape index (κ3) is 4.01. The number of nitrogens with zero attached hydrogens (tertiary/aromatic N) is 2. The summed E-state index contributed by atoms with van der Waals surface area (Å²) in [5.74, 6) is 1.70. The topological polar surface area (TPSA) is 37.8 Å². The molecule has 0 aromatic carbocycles. The standard InChI is InChI=1S/C14H18BrN3S/c1-9-5-6-10(19-9)8-16-12-7-11(15)17-13(18-12)14(2,3)4/h5-7H,8H2,1-4H3,(H,16,17,18). The highest BCUT2D eigenvalue weighted by molar-refractivity contribution is 9.10. The largest absolute Gasteiger partial charge is 0.365 e. The first kappa shape index (κ1) is 14.5. The number of halogens is 1. The van der Waals surface area contributed by atoms with Crippen LogP contribution in [0, 0.1) is 6.92 Å². The van der Waals surface area contributed by atoms with Gasteiger partial charge in [0.2, 0.25) is 0 Å². The highest BCUT2D eigenvalue weighted by Gasteiger charge is 2.18. The molecule has 2 aromatic rings. The number of rotatable bonds is 3. The zero-order chi connectivity index (χ0) is 14.0. The van der Waals surface area contributed by atoms with Gasteiger partial charge in [-0.1, -0.05) is 20.8 Å². The monoisotopic (exact) mass is 339 g/mol. The van der Waals surface area contributed by atoms with E-state index in [2.05, 4.69) is 71.0 Å². The second-order valence-corrected chi connectivity index (χ2v) is 7.70. The maximum atomic E-state index is 4.58. The summed E-state index contributed by atoms with van der Waals surface area (Å²) in [6, 6.07) is 6.20. The lowest BCUT2D eigenvalue weighted by molar-refractivity contribution is 0.544. The lowest BCUT2D eigenvalue weighted by Gasteiger charge is -2.17. The molecule has 0 aliphatic rings. The predicted octanol–water partition coefficient (Wildman–Crippen LogP) is 4.52. The molecule has 0 saturated carbocycles. The Balaban J connectivity index is 2.14. The summed E-state index contributed by atoms with van der Waals surface area (Å²) in [7, 11) is 0. The van der Waals surface area contributed by atoms with E-state index in [4.69, 9.17) is 0 Å². The van der Waals surface area contributed by atoms with E-state index >= 15 is 0 Å². The van der Waals surface area contributed by atoms with Crippen LogP contribution in [0.3, 0.4) is 0 Å². The van der Waals surface area contributed by atoms with Crippen molar-refractivity contribution in [1.82, 2.24) is 9.97 Å². The second kappa shape index (κ2) is 5.59. The molecule has 0 spiro atoms. The van der Waals surface area contributed by atoms with Gasteiger partial charge in [-0.25, -0.2) is 9.97 Å². The van der Waals surface area contributed by atoms with Crippen LogP contribution in [0.25, 0.3) is 0 Å². The molecule has 1 N–H and O–H groups in total. The van der Waals surface area contributed by atoms with Crippen molar-refractivity contribution < 1.29 is 0 Å². The van der Waals surface area contributed by atoms with E-state index in [1.807, 2.05) is 6.07 Å². The van der Waals surface area contributed by atoms with E-state index in [0.29, 0.717) is 0 Å². The molecule has 2 aromatic heterocycles. The molecular weight excluding hydrogens is 322 g/mol. The third-order valence-electron chi connectivity index (χ3n) is 2.61. The molecule has 0 aliphatic heterocycles. The number of anilines is 1.